The van der Waals surface area contributed by atoms with Gasteiger partial charge in [-0.05, 0) is 54.5 Å². The van der Waals surface area contributed by atoms with Gasteiger partial charge in [-0.3, -0.25) is 4.79 Å². The van der Waals surface area contributed by atoms with Crippen molar-refractivity contribution in [3.8, 4) is 16.9 Å². The fraction of sp³-hybridized carbons (Fsp3) is 0.458. The third-order valence-electron chi connectivity index (χ3n) is 5.30. The number of ether oxygens (including phenoxy) is 2. The summed E-state index contributed by atoms with van der Waals surface area (Å²) in [5, 5.41) is 0.385. The highest BCUT2D eigenvalue weighted by Crippen LogP contribution is 2.43. The van der Waals surface area contributed by atoms with Crippen LogP contribution in [0.25, 0.3) is 11.1 Å². The molecule has 1 saturated carbocycles. The number of hydrogen-bond acceptors (Lipinski definition) is 3. The number of carbonyl (C=O) groups is 1. The summed E-state index contributed by atoms with van der Waals surface area (Å²) in [5.74, 6) is 0.424. The van der Waals surface area contributed by atoms with Crippen molar-refractivity contribution in [3.05, 3.63) is 52.5 Å². The molecule has 0 aromatic heterocycles. The second kappa shape index (κ2) is 10.1. The first-order valence-electron chi connectivity index (χ1n) is 10.4. The highest BCUT2D eigenvalue weighted by molar-refractivity contribution is 6.32. The molecule has 0 bridgehead atoms. The van der Waals surface area contributed by atoms with Crippen LogP contribution in [0.5, 0.6) is 5.75 Å². The average Bonchev–Trinajstić information content (AvgIpc) is 3.55. The van der Waals surface area contributed by atoms with Gasteiger partial charge in [0.25, 0.3) is 0 Å². The van der Waals surface area contributed by atoms with Crippen LogP contribution in [0.1, 0.15) is 50.2 Å². The molecule has 1 fully saturated rings. The van der Waals surface area contributed by atoms with Gasteiger partial charge in [-0.15, -0.1) is 0 Å². The van der Waals surface area contributed by atoms with Gasteiger partial charge in [0, 0.05) is 5.56 Å². The predicted octanol–water partition coefficient (Wildman–Crippen LogP) is 6.36. The first kappa shape index (κ1) is 21.6. The van der Waals surface area contributed by atoms with Crippen molar-refractivity contribution in [1.82, 2.24) is 0 Å². The standard InChI is InChI=1S/C24H28ClFO3/c1-3-16-7-9-18(10-8-16)20-14-19(15-22(25)23(20)29-12-11-26)21(13-17-5-6-17)24(27)28-4-2/h7-10,14-15,17,21H,3-6,11-13H2,1-2H3. The average molecular weight is 419 g/mol. The van der Waals surface area contributed by atoms with E-state index in [2.05, 4.69) is 19.1 Å². The fourth-order valence-electron chi connectivity index (χ4n) is 3.54. The number of carbonyl (C=O) groups excluding carboxylic acids is 1. The molecule has 0 saturated heterocycles. The van der Waals surface area contributed by atoms with Gasteiger partial charge in [-0.1, -0.05) is 55.6 Å². The molecule has 5 heteroatoms. The molecule has 3 nitrogen and oxygen atoms in total. The molecule has 2 aromatic rings. The second-order valence-electron chi connectivity index (χ2n) is 7.45. The van der Waals surface area contributed by atoms with Crippen LogP contribution < -0.4 is 4.74 Å². The lowest BCUT2D eigenvalue weighted by Gasteiger charge is -2.20. The molecule has 0 heterocycles. The summed E-state index contributed by atoms with van der Waals surface area (Å²) in [6.07, 6.45) is 3.99. The van der Waals surface area contributed by atoms with E-state index in [1.54, 1.807) is 6.07 Å². The maximum absolute atomic E-state index is 12.8. The molecule has 1 aliphatic rings. The largest absolute Gasteiger partial charge is 0.489 e. The third-order valence-corrected chi connectivity index (χ3v) is 5.58. The Hall–Kier alpha value is -2.07. The van der Waals surface area contributed by atoms with Gasteiger partial charge in [-0.2, -0.15) is 0 Å². The van der Waals surface area contributed by atoms with Crippen LogP contribution in [-0.4, -0.2) is 25.9 Å². The van der Waals surface area contributed by atoms with E-state index in [0.717, 1.165) is 42.4 Å². The van der Waals surface area contributed by atoms with Crippen molar-refractivity contribution in [1.29, 1.82) is 0 Å². The molecule has 29 heavy (non-hydrogen) atoms. The van der Waals surface area contributed by atoms with Crippen LogP contribution in [-0.2, 0) is 16.0 Å². The minimum absolute atomic E-state index is 0.0670. The molecule has 1 unspecified atom stereocenters. The van der Waals surface area contributed by atoms with Gasteiger partial charge in [-0.25, -0.2) is 4.39 Å². The molecule has 2 aromatic carbocycles. The van der Waals surface area contributed by atoms with Crippen LogP contribution in [0.2, 0.25) is 5.02 Å². The number of halogens is 2. The molecular formula is C24H28ClFO3. The summed E-state index contributed by atoms with van der Waals surface area (Å²) in [7, 11) is 0. The zero-order valence-electron chi connectivity index (χ0n) is 17.0. The van der Waals surface area contributed by atoms with Crippen LogP contribution in [0.15, 0.2) is 36.4 Å². The van der Waals surface area contributed by atoms with Gasteiger partial charge in [0.1, 0.15) is 19.0 Å². The van der Waals surface area contributed by atoms with E-state index in [1.807, 2.05) is 25.1 Å². The Morgan fingerprint density at radius 3 is 2.52 bits per heavy atom. The lowest BCUT2D eigenvalue weighted by Crippen LogP contribution is -2.17. The summed E-state index contributed by atoms with van der Waals surface area (Å²) in [6, 6.07) is 11.9. The molecule has 0 spiro atoms. The van der Waals surface area contributed by atoms with Crippen molar-refractivity contribution in [2.24, 2.45) is 5.92 Å². The van der Waals surface area contributed by atoms with E-state index >= 15 is 0 Å². The molecule has 0 aliphatic heterocycles. The van der Waals surface area contributed by atoms with Crippen molar-refractivity contribution in [3.63, 3.8) is 0 Å². The first-order chi connectivity index (χ1) is 14.1. The first-order valence-corrected chi connectivity index (χ1v) is 10.7. The van der Waals surface area contributed by atoms with E-state index in [0.29, 0.717) is 23.3 Å². The molecule has 156 valence electrons. The molecule has 1 atom stereocenters. The fourth-order valence-corrected chi connectivity index (χ4v) is 3.82. The lowest BCUT2D eigenvalue weighted by atomic mass is 9.90. The van der Waals surface area contributed by atoms with Crippen LogP contribution >= 0.6 is 11.6 Å². The quantitative estimate of drug-likeness (QED) is 0.421. The summed E-state index contributed by atoms with van der Waals surface area (Å²) in [5.41, 5.74) is 3.74. The van der Waals surface area contributed by atoms with E-state index in [9.17, 15) is 9.18 Å². The van der Waals surface area contributed by atoms with Gasteiger partial charge in [0.05, 0.1) is 17.5 Å². The Morgan fingerprint density at radius 1 is 1.21 bits per heavy atom. The van der Waals surface area contributed by atoms with Crippen LogP contribution in [0, 0.1) is 5.92 Å². The number of alkyl halides is 1. The van der Waals surface area contributed by atoms with Gasteiger partial charge >= 0.3 is 5.97 Å². The summed E-state index contributed by atoms with van der Waals surface area (Å²) < 4.78 is 23.7. The Morgan fingerprint density at radius 2 is 1.93 bits per heavy atom. The minimum atomic E-state index is -0.598. The maximum Gasteiger partial charge on any atom is 0.313 e. The SMILES string of the molecule is CCOC(=O)C(CC1CC1)c1cc(Cl)c(OCCF)c(-c2ccc(CC)cc2)c1. The minimum Gasteiger partial charge on any atom is -0.489 e. The molecule has 0 N–H and O–H groups in total. The topological polar surface area (TPSA) is 35.5 Å². The molecule has 0 amide bonds. The Labute approximate surface area is 177 Å². The van der Waals surface area contributed by atoms with Crippen molar-refractivity contribution in [2.75, 3.05) is 19.9 Å². The molecular weight excluding hydrogens is 391 g/mol. The number of benzene rings is 2. The monoisotopic (exact) mass is 418 g/mol. The number of rotatable bonds is 10. The summed E-state index contributed by atoms with van der Waals surface area (Å²) in [6.45, 7) is 3.59. The van der Waals surface area contributed by atoms with Gasteiger partial charge in [0.15, 0.2) is 0 Å². The molecule has 1 aliphatic carbocycles. The van der Waals surface area contributed by atoms with Crippen molar-refractivity contribution < 1.29 is 18.7 Å². The van der Waals surface area contributed by atoms with Gasteiger partial charge in [0.2, 0.25) is 0 Å². The number of hydrogen-bond donors (Lipinski definition) is 0. The zero-order valence-corrected chi connectivity index (χ0v) is 17.8. The van der Waals surface area contributed by atoms with E-state index < -0.39 is 6.67 Å². The van der Waals surface area contributed by atoms with Crippen molar-refractivity contribution in [2.45, 2.75) is 45.4 Å². The zero-order chi connectivity index (χ0) is 20.8. The molecule has 0 radical (unpaired) electrons. The summed E-state index contributed by atoms with van der Waals surface area (Å²) >= 11 is 6.56. The predicted molar refractivity (Wildman–Crippen MR) is 114 cm³/mol. The normalized spacial score (nSPS) is 14.5. The van der Waals surface area contributed by atoms with Crippen LogP contribution in [0.3, 0.4) is 0 Å². The third kappa shape index (κ3) is 5.51. The lowest BCUT2D eigenvalue weighted by molar-refractivity contribution is -0.145. The molecule has 3 rings (SSSR count). The Bertz CT molecular complexity index is 831. The Balaban J connectivity index is 2.04. The smallest absolute Gasteiger partial charge is 0.313 e. The van der Waals surface area contributed by atoms with E-state index in [-0.39, 0.29) is 18.5 Å². The van der Waals surface area contributed by atoms with Gasteiger partial charge < -0.3 is 9.47 Å². The number of esters is 1. The second-order valence-corrected chi connectivity index (χ2v) is 7.86. The summed E-state index contributed by atoms with van der Waals surface area (Å²) in [4.78, 5) is 12.7. The highest BCUT2D eigenvalue weighted by atomic mass is 35.5. The number of aryl methyl sites for hydroxylation is 1. The van der Waals surface area contributed by atoms with E-state index in [1.165, 1.54) is 5.56 Å². The van der Waals surface area contributed by atoms with Crippen LogP contribution in [0.4, 0.5) is 4.39 Å². The van der Waals surface area contributed by atoms with E-state index in [4.69, 9.17) is 21.1 Å². The highest BCUT2D eigenvalue weighted by Gasteiger charge is 2.32. The van der Waals surface area contributed by atoms with Crippen molar-refractivity contribution >= 4 is 17.6 Å². The maximum atomic E-state index is 12.8. The Kier molecular flexibility index (Phi) is 7.54.